The first-order valence-corrected chi connectivity index (χ1v) is 10.8. The molecular weight excluding hydrogens is 442 g/mol. The standard InChI is InChI=1S/C25H24ClN3O4/c1-32-23-10-16(6-8-22(23)33-15-17-7-9-24(26)29-13-17)12-27-21(25(30)31)11-18-14-28-20-5-3-2-4-19(18)20/h2-10,13-14,21,27-28H,11-12,15H2,1H3,(H,30,31)/t21-/m0/s1. The summed E-state index contributed by atoms with van der Waals surface area (Å²) in [4.78, 5) is 19.1. The highest BCUT2D eigenvalue weighted by Crippen LogP contribution is 2.29. The van der Waals surface area contributed by atoms with Gasteiger partial charge in [0.15, 0.2) is 11.5 Å². The van der Waals surface area contributed by atoms with Crippen LogP contribution in [0.3, 0.4) is 0 Å². The highest BCUT2D eigenvalue weighted by molar-refractivity contribution is 6.29. The van der Waals surface area contributed by atoms with Gasteiger partial charge in [-0.1, -0.05) is 41.9 Å². The monoisotopic (exact) mass is 465 g/mol. The van der Waals surface area contributed by atoms with Crippen LogP contribution >= 0.6 is 11.6 Å². The number of nitrogens with zero attached hydrogens (tertiary/aromatic N) is 1. The SMILES string of the molecule is COc1cc(CN[C@@H](Cc2c[nH]c3ccccc23)C(=O)O)ccc1OCc1ccc(Cl)nc1. The maximum atomic E-state index is 11.9. The summed E-state index contributed by atoms with van der Waals surface area (Å²) in [5, 5.41) is 14.3. The van der Waals surface area contributed by atoms with Gasteiger partial charge < -0.3 is 24.9 Å². The molecule has 0 aliphatic carbocycles. The largest absolute Gasteiger partial charge is 0.493 e. The van der Waals surface area contributed by atoms with E-state index in [1.807, 2.05) is 54.7 Å². The van der Waals surface area contributed by atoms with Crippen molar-refractivity contribution >= 4 is 28.5 Å². The van der Waals surface area contributed by atoms with E-state index in [1.165, 1.54) is 0 Å². The third kappa shape index (κ3) is 5.63. The number of carboxylic acid groups (broad SMARTS) is 1. The number of aromatic nitrogens is 2. The second-order valence-electron chi connectivity index (χ2n) is 7.60. The maximum Gasteiger partial charge on any atom is 0.321 e. The molecule has 170 valence electrons. The van der Waals surface area contributed by atoms with Crippen molar-refractivity contribution in [3.05, 3.63) is 88.8 Å². The van der Waals surface area contributed by atoms with Crippen LogP contribution in [0.2, 0.25) is 5.15 Å². The molecule has 0 unspecified atom stereocenters. The van der Waals surface area contributed by atoms with Crippen molar-refractivity contribution in [1.82, 2.24) is 15.3 Å². The molecule has 0 saturated carbocycles. The third-order valence-electron chi connectivity index (χ3n) is 5.36. The van der Waals surface area contributed by atoms with Crippen molar-refractivity contribution in [2.24, 2.45) is 0 Å². The zero-order chi connectivity index (χ0) is 23.2. The molecule has 4 rings (SSSR count). The number of methoxy groups -OCH3 is 1. The Morgan fingerprint density at radius 2 is 1.97 bits per heavy atom. The number of benzene rings is 2. The highest BCUT2D eigenvalue weighted by atomic mass is 35.5. The van der Waals surface area contributed by atoms with Gasteiger partial charge in [0.2, 0.25) is 0 Å². The maximum absolute atomic E-state index is 11.9. The number of pyridine rings is 1. The van der Waals surface area contributed by atoms with E-state index in [4.69, 9.17) is 21.1 Å². The number of nitrogens with one attached hydrogen (secondary N) is 2. The van der Waals surface area contributed by atoms with Crippen molar-refractivity contribution in [3.63, 3.8) is 0 Å². The fourth-order valence-corrected chi connectivity index (χ4v) is 3.71. The molecule has 2 heterocycles. The number of H-pyrrole nitrogens is 1. The Labute approximate surface area is 196 Å². The number of carboxylic acids is 1. The number of halogens is 1. The van der Waals surface area contributed by atoms with Crippen LogP contribution in [0.1, 0.15) is 16.7 Å². The van der Waals surface area contributed by atoms with Crippen LogP contribution in [-0.2, 0) is 24.4 Å². The number of aliphatic carboxylic acids is 1. The first-order chi connectivity index (χ1) is 16.0. The van der Waals surface area contributed by atoms with Crippen LogP contribution < -0.4 is 14.8 Å². The number of fused-ring (bicyclic) bond motifs is 1. The number of rotatable bonds is 10. The van der Waals surface area contributed by atoms with Gasteiger partial charge in [0.25, 0.3) is 0 Å². The van der Waals surface area contributed by atoms with E-state index in [0.29, 0.717) is 36.2 Å². The van der Waals surface area contributed by atoms with Gasteiger partial charge in [0, 0.05) is 41.8 Å². The molecule has 8 heteroatoms. The molecule has 2 aromatic heterocycles. The third-order valence-corrected chi connectivity index (χ3v) is 5.58. The molecule has 33 heavy (non-hydrogen) atoms. The summed E-state index contributed by atoms with van der Waals surface area (Å²) in [5.41, 5.74) is 3.72. The topological polar surface area (TPSA) is 96.5 Å². The highest BCUT2D eigenvalue weighted by Gasteiger charge is 2.19. The van der Waals surface area contributed by atoms with Gasteiger partial charge in [0.05, 0.1) is 7.11 Å². The van der Waals surface area contributed by atoms with E-state index in [0.717, 1.165) is 27.6 Å². The molecule has 0 aliphatic rings. The summed E-state index contributed by atoms with van der Waals surface area (Å²) >= 11 is 5.81. The normalized spacial score (nSPS) is 11.9. The van der Waals surface area contributed by atoms with Crippen LogP contribution in [0.15, 0.2) is 67.0 Å². The van der Waals surface area contributed by atoms with E-state index in [1.54, 1.807) is 19.4 Å². The van der Waals surface area contributed by atoms with Gasteiger partial charge in [-0.2, -0.15) is 0 Å². The van der Waals surface area contributed by atoms with Crippen molar-refractivity contribution in [3.8, 4) is 11.5 Å². The number of hydrogen-bond donors (Lipinski definition) is 3. The minimum Gasteiger partial charge on any atom is -0.493 e. The van der Waals surface area contributed by atoms with E-state index in [2.05, 4.69) is 15.3 Å². The summed E-state index contributed by atoms with van der Waals surface area (Å²) in [6, 6.07) is 16.2. The number of carbonyl (C=O) groups is 1. The Morgan fingerprint density at radius 1 is 1.15 bits per heavy atom. The molecule has 0 aliphatic heterocycles. The lowest BCUT2D eigenvalue weighted by Gasteiger charge is -2.16. The van der Waals surface area contributed by atoms with E-state index < -0.39 is 12.0 Å². The van der Waals surface area contributed by atoms with Gasteiger partial charge in [-0.3, -0.25) is 4.79 Å². The van der Waals surface area contributed by atoms with Crippen LogP contribution in [-0.4, -0.2) is 34.2 Å². The summed E-state index contributed by atoms with van der Waals surface area (Å²) in [5.74, 6) is 0.258. The molecule has 2 aromatic carbocycles. The van der Waals surface area contributed by atoms with Crippen LogP contribution in [0.25, 0.3) is 10.9 Å². The molecule has 0 spiro atoms. The van der Waals surface area contributed by atoms with Crippen molar-refractivity contribution in [1.29, 1.82) is 0 Å². The summed E-state index contributed by atoms with van der Waals surface area (Å²) in [6.45, 7) is 0.695. The van der Waals surface area contributed by atoms with Gasteiger partial charge in [-0.05, 0) is 35.4 Å². The minimum atomic E-state index is -0.899. The lowest BCUT2D eigenvalue weighted by Crippen LogP contribution is -2.38. The van der Waals surface area contributed by atoms with Crippen molar-refractivity contribution in [2.45, 2.75) is 25.6 Å². The van der Waals surface area contributed by atoms with Crippen LogP contribution in [0, 0.1) is 0 Å². The zero-order valence-electron chi connectivity index (χ0n) is 18.0. The second kappa shape index (κ2) is 10.4. The van der Waals surface area contributed by atoms with Gasteiger partial charge in [0.1, 0.15) is 17.8 Å². The summed E-state index contributed by atoms with van der Waals surface area (Å²) in [6.07, 6.45) is 3.90. The number of para-hydroxylation sites is 1. The minimum absolute atomic E-state index is 0.323. The van der Waals surface area contributed by atoms with Crippen molar-refractivity contribution < 1.29 is 19.4 Å². The van der Waals surface area contributed by atoms with Crippen LogP contribution in [0.4, 0.5) is 0 Å². The summed E-state index contributed by atoms with van der Waals surface area (Å²) < 4.78 is 11.3. The number of hydrogen-bond acceptors (Lipinski definition) is 5. The fourth-order valence-electron chi connectivity index (χ4n) is 3.60. The Kier molecular flexibility index (Phi) is 7.12. The molecule has 0 bridgehead atoms. The Bertz CT molecular complexity index is 1240. The van der Waals surface area contributed by atoms with E-state index >= 15 is 0 Å². The number of ether oxygens (including phenoxy) is 2. The molecule has 0 fully saturated rings. The molecular formula is C25H24ClN3O4. The summed E-state index contributed by atoms with van der Waals surface area (Å²) in [7, 11) is 1.57. The first-order valence-electron chi connectivity index (χ1n) is 10.4. The molecule has 4 aromatic rings. The van der Waals surface area contributed by atoms with Gasteiger partial charge in [-0.15, -0.1) is 0 Å². The first kappa shape index (κ1) is 22.6. The predicted octanol–water partition coefficient (Wildman–Crippen LogP) is 4.59. The molecule has 1 atom stereocenters. The lowest BCUT2D eigenvalue weighted by molar-refractivity contribution is -0.139. The van der Waals surface area contributed by atoms with E-state index in [9.17, 15) is 9.90 Å². The zero-order valence-corrected chi connectivity index (χ0v) is 18.8. The van der Waals surface area contributed by atoms with Gasteiger partial charge >= 0.3 is 5.97 Å². The average Bonchev–Trinajstić information content (AvgIpc) is 3.24. The average molecular weight is 466 g/mol. The predicted molar refractivity (Wildman–Crippen MR) is 127 cm³/mol. The van der Waals surface area contributed by atoms with E-state index in [-0.39, 0.29) is 0 Å². The quantitative estimate of drug-likeness (QED) is 0.296. The molecule has 7 nitrogen and oxygen atoms in total. The lowest BCUT2D eigenvalue weighted by atomic mass is 10.0. The second-order valence-corrected chi connectivity index (χ2v) is 7.99. The Morgan fingerprint density at radius 3 is 2.73 bits per heavy atom. The smallest absolute Gasteiger partial charge is 0.321 e. The Hall–Kier alpha value is -3.55. The van der Waals surface area contributed by atoms with Crippen molar-refractivity contribution in [2.75, 3.05) is 7.11 Å². The van der Waals surface area contributed by atoms with Gasteiger partial charge in [-0.25, -0.2) is 4.98 Å². The molecule has 0 radical (unpaired) electrons. The molecule has 0 saturated heterocycles. The Balaban J connectivity index is 1.40. The van der Waals surface area contributed by atoms with Crippen LogP contribution in [0.5, 0.6) is 11.5 Å². The molecule has 3 N–H and O–H groups in total. The fraction of sp³-hybridized carbons (Fsp3) is 0.200. The molecule has 0 amide bonds. The number of aromatic amines is 1.